The molecule has 0 saturated carbocycles. The molecular weight excluding hydrogens is 376 g/mol. The first-order chi connectivity index (χ1) is 14.7. The molecule has 2 aromatic heterocycles. The zero-order valence-corrected chi connectivity index (χ0v) is 16.7. The molecular formula is C24H22N4O2. The van der Waals surface area contributed by atoms with Crippen molar-refractivity contribution in [3.63, 3.8) is 0 Å². The van der Waals surface area contributed by atoms with Crippen LogP contribution in [0.1, 0.15) is 46.2 Å². The Morgan fingerprint density at radius 3 is 2.73 bits per heavy atom. The quantitative estimate of drug-likeness (QED) is 0.543. The molecule has 0 spiro atoms. The molecule has 0 fully saturated rings. The van der Waals surface area contributed by atoms with Crippen LogP contribution in [0.25, 0.3) is 17.3 Å². The van der Waals surface area contributed by atoms with Gasteiger partial charge in [0.1, 0.15) is 0 Å². The Kier molecular flexibility index (Phi) is 4.67. The van der Waals surface area contributed by atoms with Crippen molar-refractivity contribution in [1.82, 2.24) is 20.1 Å². The van der Waals surface area contributed by atoms with Gasteiger partial charge in [-0.1, -0.05) is 42.0 Å². The number of aromatic nitrogens is 3. The third-order valence-corrected chi connectivity index (χ3v) is 5.51. The lowest BCUT2D eigenvalue weighted by molar-refractivity contribution is 0.0922. The van der Waals surface area contributed by atoms with E-state index in [9.17, 15) is 4.79 Å². The number of rotatable bonds is 4. The van der Waals surface area contributed by atoms with Gasteiger partial charge in [-0.2, -0.15) is 4.98 Å². The predicted molar refractivity (Wildman–Crippen MR) is 113 cm³/mol. The standard InChI is InChI=1S/C24H22N4O2/c1-16-11-13-18(14-12-16)28-23(21-10-5-15-30-21)26-22(27-28)24(29)25-20-9-4-7-17-6-2-3-8-19(17)20/h2-3,5-6,8,10-15,20H,4,7,9H2,1H3,(H,25,29)/t20-/m1/s1. The van der Waals surface area contributed by atoms with Gasteiger partial charge in [-0.05, 0) is 61.6 Å². The molecule has 0 radical (unpaired) electrons. The van der Waals surface area contributed by atoms with E-state index in [4.69, 9.17) is 4.42 Å². The lowest BCUT2D eigenvalue weighted by atomic mass is 9.88. The van der Waals surface area contributed by atoms with Crippen molar-refractivity contribution in [2.45, 2.75) is 32.2 Å². The highest BCUT2D eigenvalue weighted by molar-refractivity contribution is 5.91. The molecule has 6 heteroatoms. The fourth-order valence-corrected chi connectivity index (χ4v) is 3.97. The van der Waals surface area contributed by atoms with Crippen LogP contribution in [-0.4, -0.2) is 20.7 Å². The largest absolute Gasteiger partial charge is 0.461 e. The summed E-state index contributed by atoms with van der Waals surface area (Å²) in [5, 5.41) is 7.65. The summed E-state index contributed by atoms with van der Waals surface area (Å²) >= 11 is 0. The van der Waals surface area contributed by atoms with Crippen LogP contribution in [-0.2, 0) is 6.42 Å². The highest BCUT2D eigenvalue weighted by Gasteiger charge is 2.25. The van der Waals surface area contributed by atoms with Crippen molar-refractivity contribution >= 4 is 5.91 Å². The number of hydrogen-bond acceptors (Lipinski definition) is 4. The van der Waals surface area contributed by atoms with Gasteiger partial charge in [-0.25, -0.2) is 4.68 Å². The molecule has 1 amide bonds. The number of carbonyl (C=O) groups is 1. The Morgan fingerprint density at radius 1 is 1.10 bits per heavy atom. The number of aryl methyl sites for hydroxylation is 2. The predicted octanol–water partition coefficient (Wildman–Crippen LogP) is 4.64. The van der Waals surface area contributed by atoms with Crippen LogP contribution in [0.2, 0.25) is 0 Å². The average molecular weight is 398 g/mol. The van der Waals surface area contributed by atoms with Crippen LogP contribution < -0.4 is 5.32 Å². The zero-order chi connectivity index (χ0) is 20.5. The normalized spacial score (nSPS) is 15.6. The monoisotopic (exact) mass is 398 g/mol. The van der Waals surface area contributed by atoms with Crippen molar-refractivity contribution < 1.29 is 9.21 Å². The average Bonchev–Trinajstić information content (AvgIpc) is 3.45. The van der Waals surface area contributed by atoms with Crippen LogP contribution in [0.5, 0.6) is 0 Å². The molecule has 1 aliphatic carbocycles. The van der Waals surface area contributed by atoms with Gasteiger partial charge in [0.05, 0.1) is 18.0 Å². The lowest BCUT2D eigenvalue weighted by Crippen LogP contribution is -2.31. The molecule has 150 valence electrons. The molecule has 6 nitrogen and oxygen atoms in total. The number of hydrogen-bond donors (Lipinski definition) is 1. The van der Waals surface area contributed by atoms with E-state index in [0.717, 1.165) is 30.5 Å². The molecule has 2 heterocycles. The molecule has 4 aromatic rings. The molecule has 0 aliphatic heterocycles. The summed E-state index contributed by atoms with van der Waals surface area (Å²) in [5.74, 6) is 0.906. The fraction of sp³-hybridized carbons (Fsp3) is 0.208. The van der Waals surface area contributed by atoms with E-state index < -0.39 is 0 Å². The topological polar surface area (TPSA) is 73.0 Å². The first-order valence-electron chi connectivity index (χ1n) is 10.2. The van der Waals surface area contributed by atoms with E-state index in [-0.39, 0.29) is 17.8 Å². The van der Waals surface area contributed by atoms with Gasteiger partial charge in [0.15, 0.2) is 11.6 Å². The van der Waals surface area contributed by atoms with E-state index in [1.165, 1.54) is 11.1 Å². The summed E-state index contributed by atoms with van der Waals surface area (Å²) in [4.78, 5) is 17.6. The van der Waals surface area contributed by atoms with Crippen molar-refractivity contribution in [1.29, 1.82) is 0 Å². The second kappa shape index (κ2) is 7.63. The smallest absolute Gasteiger partial charge is 0.291 e. The number of carbonyl (C=O) groups excluding carboxylic acids is 1. The van der Waals surface area contributed by atoms with E-state index in [1.807, 2.05) is 49.4 Å². The van der Waals surface area contributed by atoms with Crippen molar-refractivity contribution in [2.75, 3.05) is 0 Å². The first kappa shape index (κ1) is 18.4. The SMILES string of the molecule is Cc1ccc(-n2nc(C(=O)N[C@@H]3CCCc4ccccc43)nc2-c2ccco2)cc1. The van der Waals surface area contributed by atoms with Crippen LogP contribution >= 0.6 is 0 Å². The maximum atomic E-state index is 13.1. The van der Waals surface area contributed by atoms with Gasteiger partial charge in [0.2, 0.25) is 5.82 Å². The maximum absolute atomic E-state index is 13.1. The summed E-state index contributed by atoms with van der Waals surface area (Å²) in [7, 11) is 0. The highest BCUT2D eigenvalue weighted by atomic mass is 16.3. The second-order valence-corrected chi connectivity index (χ2v) is 7.60. The second-order valence-electron chi connectivity index (χ2n) is 7.60. The van der Waals surface area contributed by atoms with E-state index in [1.54, 1.807) is 17.0 Å². The van der Waals surface area contributed by atoms with Gasteiger partial charge in [0, 0.05) is 0 Å². The molecule has 1 atom stereocenters. The van der Waals surface area contributed by atoms with Crippen LogP contribution in [0.4, 0.5) is 0 Å². The minimum Gasteiger partial charge on any atom is -0.461 e. The van der Waals surface area contributed by atoms with Crippen molar-refractivity contribution in [3.8, 4) is 17.3 Å². The molecule has 2 aromatic carbocycles. The summed E-state index contributed by atoms with van der Waals surface area (Å²) in [6.07, 6.45) is 4.59. The minimum atomic E-state index is -0.282. The van der Waals surface area contributed by atoms with Crippen LogP contribution in [0.3, 0.4) is 0 Å². The Labute approximate surface area is 174 Å². The molecule has 1 N–H and O–H groups in total. The lowest BCUT2D eigenvalue weighted by Gasteiger charge is -2.25. The number of furan rings is 1. The van der Waals surface area contributed by atoms with E-state index in [0.29, 0.717) is 11.6 Å². The minimum absolute atomic E-state index is 0.0270. The van der Waals surface area contributed by atoms with Crippen molar-refractivity contribution in [3.05, 3.63) is 89.4 Å². The number of benzene rings is 2. The summed E-state index contributed by atoms with van der Waals surface area (Å²) in [6.45, 7) is 2.03. The Bertz CT molecular complexity index is 1180. The van der Waals surface area contributed by atoms with Gasteiger partial charge < -0.3 is 9.73 Å². The Morgan fingerprint density at radius 2 is 1.93 bits per heavy atom. The van der Waals surface area contributed by atoms with E-state index in [2.05, 4.69) is 27.5 Å². The van der Waals surface area contributed by atoms with Gasteiger partial charge in [-0.15, -0.1) is 5.10 Å². The summed E-state index contributed by atoms with van der Waals surface area (Å²) < 4.78 is 7.19. The Balaban J connectivity index is 1.48. The molecule has 30 heavy (non-hydrogen) atoms. The Hall–Kier alpha value is -3.67. The van der Waals surface area contributed by atoms with Crippen LogP contribution in [0, 0.1) is 6.92 Å². The fourth-order valence-electron chi connectivity index (χ4n) is 3.97. The first-order valence-corrected chi connectivity index (χ1v) is 10.2. The third-order valence-electron chi connectivity index (χ3n) is 5.51. The zero-order valence-electron chi connectivity index (χ0n) is 16.7. The third kappa shape index (κ3) is 3.41. The highest BCUT2D eigenvalue weighted by Crippen LogP contribution is 2.30. The van der Waals surface area contributed by atoms with Crippen LogP contribution in [0.15, 0.2) is 71.3 Å². The molecule has 1 aliphatic rings. The molecule has 0 bridgehead atoms. The van der Waals surface area contributed by atoms with Gasteiger partial charge in [-0.3, -0.25) is 4.79 Å². The van der Waals surface area contributed by atoms with E-state index >= 15 is 0 Å². The molecule has 5 rings (SSSR count). The molecule has 0 unspecified atom stereocenters. The number of nitrogens with one attached hydrogen (secondary N) is 1. The maximum Gasteiger partial charge on any atom is 0.291 e. The summed E-state index contributed by atoms with van der Waals surface area (Å²) in [6, 6.07) is 19.8. The number of amides is 1. The van der Waals surface area contributed by atoms with Gasteiger partial charge in [0.25, 0.3) is 5.91 Å². The van der Waals surface area contributed by atoms with Crippen molar-refractivity contribution in [2.24, 2.45) is 0 Å². The summed E-state index contributed by atoms with van der Waals surface area (Å²) in [5.41, 5.74) is 4.44. The molecule has 0 saturated heterocycles. The number of nitrogens with zero attached hydrogens (tertiary/aromatic N) is 3. The number of fused-ring (bicyclic) bond motifs is 1. The van der Waals surface area contributed by atoms with Gasteiger partial charge >= 0.3 is 0 Å².